The van der Waals surface area contributed by atoms with Gasteiger partial charge in [-0.3, -0.25) is 0 Å². The summed E-state index contributed by atoms with van der Waals surface area (Å²) in [6.07, 6.45) is 0.151. The molecule has 0 spiro atoms. The monoisotopic (exact) mass is 189 g/mol. The van der Waals surface area contributed by atoms with E-state index in [1.807, 2.05) is 18.2 Å². The van der Waals surface area contributed by atoms with Gasteiger partial charge >= 0.3 is 0 Å². The van der Waals surface area contributed by atoms with Gasteiger partial charge < -0.3 is 4.84 Å². The van der Waals surface area contributed by atoms with Crippen molar-refractivity contribution in [3.8, 4) is 0 Å². The predicted octanol–water partition coefficient (Wildman–Crippen LogP) is 2.84. The van der Waals surface area contributed by atoms with Gasteiger partial charge in [0.1, 0.15) is 6.10 Å². The van der Waals surface area contributed by atoms with E-state index in [1.165, 1.54) is 0 Å². The minimum Gasteiger partial charge on any atom is -0.392 e. The van der Waals surface area contributed by atoms with Crippen LogP contribution in [0.4, 0.5) is 0 Å². The Labute approximate surface area is 84.6 Å². The molecule has 74 valence electrons. The lowest BCUT2D eigenvalue weighted by Gasteiger charge is -2.22. The van der Waals surface area contributed by atoms with E-state index in [0.29, 0.717) is 0 Å². The van der Waals surface area contributed by atoms with Crippen LogP contribution in [0.2, 0.25) is 0 Å². The van der Waals surface area contributed by atoms with E-state index in [1.54, 1.807) is 0 Å². The summed E-state index contributed by atoms with van der Waals surface area (Å²) in [5.41, 5.74) is 2.20. The first-order chi connectivity index (χ1) is 6.62. The predicted molar refractivity (Wildman–Crippen MR) is 57.3 cm³/mol. The molecule has 0 saturated heterocycles. The third kappa shape index (κ3) is 1.31. The maximum absolute atomic E-state index is 5.32. The Morgan fingerprint density at radius 3 is 2.36 bits per heavy atom. The molecule has 2 heteroatoms. The molecule has 0 aromatic heterocycles. The standard InChI is InChI=1S/C12H15NO/c1-9-12(2,3)11(13-14-9)10-7-5-4-6-8-10/h4-9H,1-3H3/t9-/m0/s1. The van der Waals surface area contributed by atoms with Crippen LogP contribution in [-0.4, -0.2) is 11.8 Å². The molecule has 1 atom stereocenters. The molecule has 1 aliphatic rings. The van der Waals surface area contributed by atoms with Crippen LogP contribution in [-0.2, 0) is 4.84 Å². The minimum absolute atomic E-state index is 0.00134. The van der Waals surface area contributed by atoms with Gasteiger partial charge in [-0.05, 0) is 12.5 Å². The van der Waals surface area contributed by atoms with Crippen molar-refractivity contribution < 1.29 is 4.84 Å². The van der Waals surface area contributed by atoms with Crippen LogP contribution in [0, 0.1) is 5.41 Å². The SMILES string of the molecule is C[C@@H]1ON=C(c2ccccc2)C1(C)C. The third-order valence-corrected chi connectivity index (χ3v) is 2.98. The van der Waals surface area contributed by atoms with Gasteiger partial charge in [0.25, 0.3) is 0 Å². The van der Waals surface area contributed by atoms with E-state index >= 15 is 0 Å². The lowest BCUT2D eigenvalue weighted by molar-refractivity contribution is 0.0511. The van der Waals surface area contributed by atoms with Gasteiger partial charge in [0.15, 0.2) is 0 Å². The molecule has 0 unspecified atom stereocenters. The van der Waals surface area contributed by atoms with Gasteiger partial charge in [-0.15, -0.1) is 0 Å². The highest BCUT2D eigenvalue weighted by Gasteiger charge is 2.39. The van der Waals surface area contributed by atoms with E-state index in [9.17, 15) is 0 Å². The number of oxime groups is 1. The van der Waals surface area contributed by atoms with Crippen molar-refractivity contribution in [1.29, 1.82) is 0 Å². The maximum Gasteiger partial charge on any atom is 0.135 e. The van der Waals surface area contributed by atoms with E-state index < -0.39 is 0 Å². The van der Waals surface area contributed by atoms with Crippen molar-refractivity contribution in [3.05, 3.63) is 35.9 Å². The van der Waals surface area contributed by atoms with Crippen LogP contribution in [0.5, 0.6) is 0 Å². The Balaban J connectivity index is 2.38. The van der Waals surface area contributed by atoms with Crippen molar-refractivity contribution >= 4 is 5.71 Å². The first-order valence-corrected chi connectivity index (χ1v) is 4.92. The Hall–Kier alpha value is -1.31. The van der Waals surface area contributed by atoms with Crippen LogP contribution in [0.1, 0.15) is 26.3 Å². The zero-order valence-electron chi connectivity index (χ0n) is 8.82. The smallest absolute Gasteiger partial charge is 0.135 e. The molecule has 1 aromatic carbocycles. The van der Waals surface area contributed by atoms with Gasteiger partial charge in [-0.1, -0.05) is 49.3 Å². The topological polar surface area (TPSA) is 21.6 Å². The van der Waals surface area contributed by atoms with E-state index in [4.69, 9.17) is 4.84 Å². The Bertz CT molecular complexity index is 354. The van der Waals surface area contributed by atoms with Crippen molar-refractivity contribution in [2.75, 3.05) is 0 Å². The van der Waals surface area contributed by atoms with Crippen LogP contribution < -0.4 is 0 Å². The zero-order valence-corrected chi connectivity index (χ0v) is 8.82. The molecular formula is C12H15NO. The largest absolute Gasteiger partial charge is 0.392 e. The normalized spacial score (nSPS) is 24.2. The molecule has 0 radical (unpaired) electrons. The Morgan fingerprint density at radius 1 is 1.21 bits per heavy atom. The quantitative estimate of drug-likeness (QED) is 0.665. The highest BCUT2D eigenvalue weighted by atomic mass is 16.6. The van der Waals surface area contributed by atoms with Gasteiger partial charge in [0.2, 0.25) is 0 Å². The summed E-state index contributed by atoms with van der Waals surface area (Å²) >= 11 is 0. The van der Waals surface area contributed by atoms with E-state index in [-0.39, 0.29) is 11.5 Å². The van der Waals surface area contributed by atoms with Crippen LogP contribution in [0.25, 0.3) is 0 Å². The molecule has 2 rings (SSSR count). The fourth-order valence-corrected chi connectivity index (χ4v) is 1.59. The van der Waals surface area contributed by atoms with E-state index in [0.717, 1.165) is 11.3 Å². The molecule has 2 nitrogen and oxygen atoms in total. The molecule has 1 heterocycles. The van der Waals surface area contributed by atoms with Gasteiger partial charge in [-0.25, -0.2) is 0 Å². The molecule has 0 bridgehead atoms. The van der Waals surface area contributed by atoms with Crippen molar-refractivity contribution in [2.45, 2.75) is 26.9 Å². The van der Waals surface area contributed by atoms with Crippen molar-refractivity contribution in [3.63, 3.8) is 0 Å². The second-order valence-electron chi connectivity index (χ2n) is 4.28. The molecule has 0 aliphatic carbocycles. The summed E-state index contributed by atoms with van der Waals surface area (Å²) in [5, 5.41) is 4.16. The number of rotatable bonds is 1. The maximum atomic E-state index is 5.32. The third-order valence-electron chi connectivity index (χ3n) is 2.98. The molecule has 14 heavy (non-hydrogen) atoms. The minimum atomic E-state index is 0.00134. The van der Waals surface area contributed by atoms with Crippen molar-refractivity contribution in [2.24, 2.45) is 10.6 Å². The number of benzene rings is 1. The van der Waals surface area contributed by atoms with E-state index in [2.05, 4.69) is 38.1 Å². The summed E-state index contributed by atoms with van der Waals surface area (Å²) < 4.78 is 0. The summed E-state index contributed by atoms with van der Waals surface area (Å²) in [6.45, 7) is 6.38. The summed E-state index contributed by atoms with van der Waals surface area (Å²) in [6, 6.07) is 10.2. The molecular weight excluding hydrogens is 174 g/mol. The fourth-order valence-electron chi connectivity index (χ4n) is 1.59. The average Bonchev–Trinajstić information content (AvgIpc) is 2.44. The molecule has 1 aliphatic heterocycles. The van der Waals surface area contributed by atoms with Gasteiger partial charge in [-0.2, -0.15) is 0 Å². The average molecular weight is 189 g/mol. The number of nitrogens with zero attached hydrogens (tertiary/aromatic N) is 1. The number of hydrogen-bond donors (Lipinski definition) is 0. The molecule has 0 N–H and O–H groups in total. The number of hydrogen-bond acceptors (Lipinski definition) is 2. The highest BCUT2D eigenvalue weighted by molar-refractivity contribution is 6.05. The second kappa shape index (κ2) is 3.12. The lowest BCUT2D eigenvalue weighted by Crippen LogP contribution is -2.30. The fraction of sp³-hybridized carbons (Fsp3) is 0.417. The second-order valence-corrected chi connectivity index (χ2v) is 4.28. The van der Waals surface area contributed by atoms with Crippen LogP contribution >= 0.6 is 0 Å². The summed E-state index contributed by atoms with van der Waals surface area (Å²) in [4.78, 5) is 5.32. The molecule has 0 amide bonds. The Morgan fingerprint density at radius 2 is 1.86 bits per heavy atom. The molecule has 1 aromatic rings. The van der Waals surface area contributed by atoms with Crippen molar-refractivity contribution in [1.82, 2.24) is 0 Å². The van der Waals surface area contributed by atoms with Gasteiger partial charge in [0.05, 0.1) is 11.1 Å². The van der Waals surface area contributed by atoms with Gasteiger partial charge in [0, 0.05) is 0 Å². The van der Waals surface area contributed by atoms with Crippen LogP contribution in [0.15, 0.2) is 35.5 Å². The highest BCUT2D eigenvalue weighted by Crippen LogP contribution is 2.34. The van der Waals surface area contributed by atoms with Crippen LogP contribution in [0.3, 0.4) is 0 Å². The summed E-state index contributed by atoms with van der Waals surface area (Å²) in [5.74, 6) is 0. The molecule has 0 fully saturated rings. The first-order valence-electron chi connectivity index (χ1n) is 4.92. The summed E-state index contributed by atoms with van der Waals surface area (Å²) in [7, 11) is 0. The Kier molecular flexibility index (Phi) is 2.06. The zero-order chi connectivity index (χ0) is 10.2. The lowest BCUT2D eigenvalue weighted by atomic mass is 9.80. The first kappa shape index (κ1) is 9.25. The molecule has 0 saturated carbocycles.